The first kappa shape index (κ1) is 16.5. The van der Waals surface area contributed by atoms with Crippen LogP contribution >= 0.6 is 0 Å². The predicted molar refractivity (Wildman–Crippen MR) is 82.1 cm³/mol. The van der Waals surface area contributed by atoms with Gasteiger partial charge in [0.25, 0.3) is 5.91 Å². The van der Waals surface area contributed by atoms with E-state index in [-0.39, 0.29) is 12.5 Å². The Kier molecular flexibility index (Phi) is 7.09. The first-order valence-corrected chi connectivity index (χ1v) is 7.28. The van der Waals surface area contributed by atoms with E-state index >= 15 is 0 Å². The Balaban J connectivity index is 2.64. The van der Waals surface area contributed by atoms with E-state index < -0.39 is 0 Å². The molecule has 4 heteroatoms. The van der Waals surface area contributed by atoms with E-state index in [1.807, 2.05) is 20.8 Å². The van der Waals surface area contributed by atoms with Crippen LogP contribution in [0, 0.1) is 13.8 Å². The Morgan fingerprint density at radius 3 is 2.40 bits per heavy atom. The highest BCUT2D eigenvalue weighted by atomic mass is 16.5. The molecule has 0 aliphatic heterocycles. The van der Waals surface area contributed by atoms with E-state index in [2.05, 4.69) is 29.7 Å². The van der Waals surface area contributed by atoms with Crippen LogP contribution < -0.4 is 15.4 Å². The number of rotatable bonds is 8. The maximum absolute atomic E-state index is 11.6. The first-order valence-electron chi connectivity index (χ1n) is 7.28. The molecule has 0 heterocycles. The summed E-state index contributed by atoms with van der Waals surface area (Å²) in [5.74, 6) is 0.749. The van der Waals surface area contributed by atoms with Gasteiger partial charge in [-0.1, -0.05) is 26.0 Å². The van der Waals surface area contributed by atoms with Crippen molar-refractivity contribution in [1.82, 2.24) is 10.6 Å². The van der Waals surface area contributed by atoms with E-state index in [9.17, 15) is 4.79 Å². The second-order valence-corrected chi connectivity index (χ2v) is 4.98. The Morgan fingerprint density at radius 2 is 1.85 bits per heavy atom. The van der Waals surface area contributed by atoms with Crippen molar-refractivity contribution in [3.63, 3.8) is 0 Å². The highest BCUT2D eigenvalue weighted by molar-refractivity contribution is 5.77. The Morgan fingerprint density at radius 1 is 1.20 bits per heavy atom. The van der Waals surface area contributed by atoms with Crippen LogP contribution in [0.3, 0.4) is 0 Å². The molecule has 0 unspecified atom stereocenters. The summed E-state index contributed by atoms with van der Waals surface area (Å²) >= 11 is 0. The molecule has 0 aliphatic rings. The number of amides is 1. The molecule has 2 N–H and O–H groups in total. The molecule has 112 valence electrons. The second kappa shape index (κ2) is 8.59. The minimum Gasteiger partial charge on any atom is -0.483 e. The van der Waals surface area contributed by atoms with Gasteiger partial charge in [-0.2, -0.15) is 0 Å². The molecule has 1 aromatic carbocycles. The molecule has 0 spiro atoms. The number of nitrogens with one attached hydrogen (secondary N) is 2. The van der Waals surface area contributed by atoms with Crippen LogP contribution in [0.5, 0.6) is 5.75 Å². The minimum absolute atomic E-state index is 0.0672. The number of ether oxygens (including phenoxy) is 1. The topological polar surface area (TPSA) is 50.4 Å². The molecular weight excluding hydrogens is 252 g/mol. The summed E-state index contributed by atoms with van der Waals surface area (Å²) in [6.07, 6.45) is 0.933. The van der Waals surface area contributed by atoms with Crippen LogP contribution in [0.2, 0.25) is 0 Å². The van der Waals surface area contributed by atoms with Crippen molar-refractivity contribution in [1.29, 1.82) is 0 Å². The van der Waals surface area contributed by atoms with Gasteiger partial charge in [-0.3, -0.25) is 4.79 Å². The highest BCUT2D eigenvalue weighted by Crippen LogP contribution is 2.24. The van der Waals surface area contributed by atoms with Gasteiger partial charge >= 0.3 is 0 Å². The summed E-state index contributed by atoms with van der Waals surface area (Å²) < 4.78 is 5.65. The van der Waals surface area contributed by atoms with Crippen LogP contribution in [0.15, 0.2) is 12.1 Å². The minimum atomic E-state index is -0.0672. The lowest BCUT2D eigenvalue weighted by Crippen LogP contribution is -2.29. The highest BCUT2D eigenvalue weighted by Gasteiger charge is 2.08. The van der Waals surface area contributed by atoms with Crippen LogP contribution in [0.4, 0.5) is 0 Å². The fourth-order valence-corrected chi connectivity index (χ4v) is 2.09. The number of hydrogen-bond donors (Lipinski definition) is 2. The number of benzene rings is 1. The predicted octanol–water partition coefficient (Wildman–Crippen LogP) is 2.32. The van der Waals surface area contributed by atoms with Crippen molar-refractivity contribution >= 4 is 5.91 Å². The smallest absolute Gasteiger partial charge is 0.257 e. The zero-order valence-corrected chi connectivity index (χ0v) is 13.0. The molecule has 0 fully saturated rings. The normalized spacial score (nSPS) is 10.4. The molecule has 1 rings (SSSR count). The largest absolute Gasteiger partial charge is 0.483 e. The summed E-state index contributed by atoms with van der Waals surface area (Å²) in [7, 11) is 0. The van der Waals surface area contributed by atoms with Crippen molar-refractivity contribution in [2.45, 2.75) is 40.7 Å². The van der Waals surface area contributed by atoms with Crippen LogP contribution in [0.25, 0.3) is 0 Å². The van der Waals surface area contributed by atoms with Gasteiger partial charge in [-0.15, -0.1) is 0 Å². The number of hydrogen-bond acceptors (Lipinski definition) is 3. The van der Waals surface area contributed by atoms with Gasteiger partial charge in [-0.05, 0) is 43.5 Å². The standard InChI is InChI=1S/C16H26N2O2/c1-5-7-18-15(19)11-20-16-12(3)8-14(9-13(16)4)10-17-6-2/h8-9,17H,5-7,10-11H2,1-4H3,(H,18,19). The van der Waals surface area contributed by atoms with Gasteiger partial charge < -0.3 is 15.4 Å². The summed E-state index contributed by atoms with van der Waals surface area (Å²) in [5.41, 5.74) is 3.38. The fourth-order valence-electron chi connectivity index (χ4n) is 2.09. The van der Waals surface area contributed by atoms with Crippen molar-refractivity contribution in [2.24, 2.45) is 0 Å². The van der Waals surface area contributed by atoms with Crippen molar-refractivity contribution in [3.05, 3.63) is 28.8 Å². The molecule has 20 heavy (non-hydrogen) atoms. The molecule has 0 atom stereocenters. The van der Waals surface area contributed by atoms with Crippen molar-refractivity contribution in [2.75, 3.05) is 19.7 Å². The molecule has 0 saturated heterocycles. The van der Waals surface area contributed by atoms with E-state index in [4.69, 9.17) is 4.74 Å². The number of carbonyl (C=O) groups is 1. The van der Waals surface area contributed by atoms with E-state index in [0.717, 1.165) is 36.4 Å². The van der Waals surface area contributed by atoms with Crippen LogP contribution in [-0.2, 0) is 11.3 Å². The van der Waals surface area contributed by atoms with Gasteiger partial charge in [-0.25, -0.2) is 0 Å². The van der Waals surface area contributed by atoms with Gasteiger partial charge in [0.1, 0.15) is 5.75 Å². The zero-order valence-electron chi connectivity index (χ0n) is 13.0. The molecule has 4 nitrogen and oxygen atoms in total. The SMILES string of the molecule is CCCNC(=O)COc1c(C)cc(CNCC)cc1C. The average Bonchev–Trinajstić information content (AvgIpc) is 2.41. The molecule has 0 radical (unpaired) electrons. The summed E-state index contributed by atoms with van der Waals surface area (Å²) in [4.78, 5) is 11.6. The van der Waals surface area contributed by atoms with Gasteiger partial charge in [0.2, 0.25) is 0 Å². The molecule has 1 amide bonds. The maximum Gasteiger partial charge on any atom is 0.257 e. The van der Waals surface area contributed by atoms with Gasteiger partial charge in [0.05, 0.1) is 0 Å². The van der Waals surface area contributed by atoms with Crippen LogP contribution in [0.1, 0.15) is 37.0 Å². The molecule has 0 aliphatic carbocycles. The lowest BCUT2D eigenvalue weighted by Gasteiger charge is -2.14. The zero-order chi connectivity index (χ0) is 15.0. The molecular formula is C16H26N2O2. The third kappa shape index (κ3) is 5.21. The first-order chi connectivity index (χ1) is 9.58. The third-order valence-corrected chi connectivity index (χ3v) is 3.02. The Hall–Kier alpha value is -1.55. The molecule has 0 saturated carbocycles. The third-order valence-electron chi connectivity index (χ3n) is 3.02. The fraction of sp³-hybridized carbons (Fsp3) is 0.562. The quantitative estimate of drug-likeness (QED) is 0.767. The number of aryl methyl sites for hydroxylation is 2. The van der Waals surface area contributed by atoms with Crippen molar-refractivity contribution in [3.8, 4) is 5.75 Å². The van der Waals surface area contributed by atoms with E-state index in [1.165, 1.54) is 5.56 Å². The second-order valence-electron chi connectivity index (χ2n) is 4.98. The van der Waals surface area contributed by atoms with Gasteiger partial charge in [0, 0.05) is 13.1 Å². The summed E-state index contributed by atoms with van der Waals surface area (Å²) in [6.45, 7) is 10.7. The summed E-state index contributed by atoms with van der Waals surface area (Å²) in [6, 6.07) is 4.21. The monoisotopic (exact) mass is 278 g/mol. The lowest BCUT2D eigenvalue weighted by atomic mass is 10.1. The molecule has 0 aromatic heterocycles. The Bertz CT molecular complexity index is 421. The molecule has 0 bridgehead atoms. The summed E-state index contributed by atoms with van der Waals surface area (Å²) in [5, 5.41) is 6.11. The van der Waals surface area contributed by atoms with Crippen LogP contribution in [-0.4, -0.2) is 25.6 Å². The van der Waals surface area contributed by atoms with E-state index in [1.54, 1.807) is 0 Å². The van der Waals surface area contributed by atoms with Gasteiger partial charge in [0.15, 0.2) is 6.61 Å². The average molecular weight is 278 g/mol. The Labute approximate surface area is 121 Å². The lowest BCUT2D eigenvalue weighted by molar-refractivity contribution is -0.123. The van der Waals surface area contributed by atoms with E-state index in [0.29, 0.717) is 6.54 Å². The number of carbonyl (C=O) groups excluding carboxylic acids is 1. The van der Waals surface area contributed by atoms with Crippen molar-refractivity contribution < 1.29 is 9.53 Å². The maximum atomic E-state index is 11.6. The molecule has 1 aromatic rings.